The maximum atomic E-state index is 14.6. The van der Waals surface area contributed by atoms with Crippen LogP contribution in [0.25, 0.3) is 0 Å². The number of piperidine rings is 1. The molecule has 1 fully saturated rings. The van der Waals surface area contributed by atoms with E-state index >= 15 is 0 Å². The molecule has 0 saturated carbocycles. The van der Waals surface area contributed by atoms with Crippen LogP contribution in [0.5, 0.6) is 5.75 Å². The zero-order valence-corrected chi connectivity index (χ0v) is 21.1. The minimum atomic E-state index is -3.52. The molecule has 35 heavy (non-hydrogen) atoms. The van der Waals surface area contributed by atoms with Crippen molar-refractivity contribution in [2.75, 3.05) is 42.7 Å². The number of benzene rings is 1. The largest absolute Gasteiger partial charge is 0.485 e. The highest BCUT2D eigenvalue weighted by Crippen LogP contribution is 2.39. The van der Waals surface area contributed by atoms with Crippen LogP contribution in [-0.2, 0) is 14.6 Å². The van der Waals surface area contributed by atoms with E-state index in [1.807, 2.05) is 20.8 Å². The van der Waals surface area contributed by atoms with Crippen LogP contribution in [0.1, 0.15) is 33.6 Å². The number of carbonyl (C=O) groups is 1. The van der Waals surface area contributed by atoms with Gasteiger partial charge in [-0.3, -0.25) is 0 Å². The Morgan fingerprint density at radius 1 is 1.20 bits per heavy atom. The van der Waals surface area contributed by atoms with Gasteiger partial charge in [-0.05, 0) is 51.8 Å². The van der Waals surface area contributed by atoms with E-state index in [0.717, 1.165) is 25.2 Å². The molecule has 12 heteroatoms. The van der Waals surface area contributed by atoms with E-state index in [0.29, 0.717) is 37.8 Å². The number of ether oxygens (including phenoxy) is 2. The Kier molecular flexibility index (Phi) is 6.76. The summed E-state index contributed by atoms with van der Waals surface area (Å²) in [7, 11) is -3.52. The Balaban J connectivity index is 1.49. The van der Waals surface area contributed by atoms with Gasteiger partial charge in [0.1, 0.15) is 24.4 Å². The summed E-state index contributed by atoms with van der Waals surface area (Å²) >= 11 is 0. The Bertz CT molecular complexity index is 1210. The first-order valence-corrected chi connectivity index (χ1v) is 13.3. The van der Waals surface area contributed by atoms with Gasteiger partial charge in [-0.25, -0.2) is 27.6 Å². The van der Waals surface area contributed by atoms with E-state index in [4.69, 9.17) is 9.47 Å². The second kappa shape index (κ2) is 9.48. The van der Waals surface area contributed by atoms with Gasteiger partial charge in [0.25, 0.3) is 0 Å². The lowest BCUT2D eigenvalue weighted by molar-refractivity contribution is 0.0203. The molecule has 190 valence electrons. The van der Waals surface area contributed by atoms with Gasteiger partial charge in [0.05, 0.1) is 17.1 Å². The fourth-order valence-electron chi connectivity index (χ4n) is 4.14. The molecule has 0 spiro atoms. The summed E-state index contributed by atoms with van der Waals surface area (Å²) in [4.78, 5) is 24.8. The summed E-state index contributed by atoms with van der Waals surface area (Å²) in [5.74, 6) is 0.567. The van der Waals surface area contributed by atoms with Gasteiger partial charge in [-0.1, -0.05) is 0 Å². The Labute approximate surface area is 204 Å². The zero-order valence-electron chi connectivity index (χ0n) is 20.2. The molecule has 0 atom stereocenters. The van der Waals surface area contributed by atoms with E-state index < -0.39 is 21.3 Å². The number of amides is 1. The van der Waals surface area contributed by atoms with Crippen molar-refractivity contribution < 1.29 is 27.1 Å². The van der Waals surface area contributed by atoms with E-state index in [9.17, 15) is 17.6 Å². The van der Waals surface area contributed by atoms with Gasteiger partial charge in [0.2, 0.25) is 5.75 Å². The van der Waals surface area contributed by atoms with Crippen LogP contribution in [0.2, 0.25) is 0 Å². The van der Waals surface area contributed by atoms with Crippen molar-refractivity contribution in [3.8, 4) is 5.75 Å². The van der Waals surface area contributed by atoms with Gasteiger partial charge in [0, 0.05) is 25.4 Å². The fourth-order valence-corrected chi connectivity index (χ4v) is 4.77. The van der Waals surface area contributed by atoms with E-state index in [-0.39, 0.29) is 28.5 Å². The first-order valence-electron chi connectivity index (χ1n) is 11.4. The highest BCUT2D eigenvalue weighted by molar-refractivity contribution is 7.90. The smallest absolute Gasteiger partial charge is 0.410 e. The number of likely N-dealkylation sites (tertiary alicyclic amines) is 1. The molecule has 1 amide bonds. The van der Waals surface area contributed by atoms with Crippen LogP contribution in [-0.4, -0.2) is 73.5 Å². The van der Waals surface area contributed by atoms with Gasteiger partial charge < -0.3 is 24.6 Å². The van der Waals surface area contributed by atoms with Gasteiger partial charge in [-0.2, -0.15) is 0 Å². The number of nitrogens with zero attached hydrogens (tertiary/aromatic N) is 4. The van der Waals surface area contributed by atoms with Crippen molar-refractivity contribution in [3.05, 3.63) is 30.3 Å². The summed E-state index contributed by atoms with van der Waals surface area (Å²) in [6, 6.07) is 3.80. The SMILES string of the molecule is CC(C)(C)OC(=O)N1CCC(N2CCOc3c(Nc4ccc(S(C)(=O)=O)cc4F)ncnc32)CC1. The molecule has 0 unspecified atom stereocenters. The molecular formula is C23H30FN5O5S. The normalized spacial score (nSPS) is 16.9. The topological polar surface area (TPSA) is 114 Å². The Hall–Kier alpha value is -3.15. The minimum Gasteiger partial charge on any atom is -0.485 e. The fraction of sp³-hybridized carbons (Fsp3) is 0.522. The number of aromatic nitrogens is 2. The highest BCUT2D eigenvalue weighted by Gasteiger charge is 2.33. The molecule has 0 radical (unpaired) electrons. The summed E-state index contributed by atoms with van der Waals surface area (Å²) in [5, 5.41) is 2.90. The maximum Gasteiger partial charge on any atom is 0.410 e. The second-order valence-corrected chi connectivity index (χ2v) is 11.7. The second-order valence-electron chi connectivity index (χ2n) is 9.65. The molecule has 1 aromatic heterocycles. The minimum absolute atomic E-state index is 0.0738. The number of sulfone groups is 1. The van der Waals surface area contributed by atoms with Crippen LogP contribution in [0.4, 0.5) is 26.5 Å². The third kappa shape index (κ3) is 5.75. The summed E-state index contributed by atoms with van der Waals surface area (Å²) in [6.45, 7) is 7.70. The van der Waals surface area contributed by atoms with Crippen molar-refractivity contribution >= 4 is 33.3 Å². The Morgan fingerprint density at radius 3 is 2.54 bits per heavy atom. The lowest BCUT2D eigenvalue weighted by atomic mass is 10.0. The van der Waals surface area contributed by atoms with Crippen LogP contribution in [0, 0.1) is 5.82 Å². The van der Waals surface area contributed by atoms with Crippen LogP contribution in [0.15, 0.2) is 29.4 Å². The standard InChI is InChI=1S/C23H30FN5O5S/c1-23(2,3)34-22(30)28-9-7-15(8-10-28)29-11-12-33-19-20(25-14-26-21(19)29)27-18-6-5-16(13-17(18)24)35(4,31)32/h5-6,13-15H,7-12H2,1-4H3,(H,25,26,27). The number of carbonyl (C=O) groups excluding carboxylic acids is 1. The van der Waals surface area contributed by atoms with Gasteiger partial charge >= 0.3 is 6.09 Å². The molecule has 0 bridgehead atoms. The predicted octanol–water partition coefficient (Wildman–Crippen LogP) is 3.36. The van der Waals surface area contributed by atoms with Crippen LogP contribution in [0.3, 0.4) is 0 Å². The van der Waals surface area contributed by atoms with Crippen molar-refractivity contribution in [2.24, 2.45) is 0 Å². The molecular weight excluding hydrogens is 477 g/mol. The number of halogens is 1. The average molecular weight is 508 g/mol. The van der Waals surface area contributed by atoms with Gasteiger partial charge in [-0.15, -0.1) is 0 Å². The highest BCUT2D eigenvalue weighted by atomic mass is 32.2. The molecule has 1 saturated heterocycles. The molecule has 0 aliphatic carbocycles. The van der Waals surface area contributed by atoms with Crippen LogP contribution < -0.4 is 15.0 Å². The third-order valence-electron chi connectivity index (χ3n) is 5.81. The molecule has 4 rings (SSSR count). The lowest BCUT2D eigenvalue weighted by Crippen LogP contribution is -2.50. The van der Waals surface area contributed by atoms with E-state index in [1.54, 1.807) is 4.90 Å². The van der Waals surface area contributed by atoms with Crippen molar-refractivity contribution in [3.63, 3.8) is 0 Å². The molecule has 2 aliphatic heterocycles. The van der Waals surface area contributed by atoms with Crippen molar-refractivity contribution in [1.29, 1.82) is 0 Å². The molecule has 3 heterocycles. The summed E-state index contributed by atoms with van der Waals surface area (Å²) in [6.07, 6.45) is 3.58. The van der Waals surface area contributed by atoms with Gasteiger partial charge in [0.15, 0.2) is 21.5 Å². The Morgan fingerprint density at radius 2 is 1.91 bits per heavy atom. The number of rotatable bonds is 4. The number of hydrogen-bond acceptors (Lipinski definition) is 9. The molecule has 1 aromatic carbocycles. The van der Waals surface area contributed by atoms with E-state index in [1.165, 1.54) is 18.5 Å². The number of nitrogens with one attached hydrogen (secondary N) is 1. The van der Waals surface area contributed by atoms with Crippen LogP contribution >= 0.6 is 0 Å². The lowest BCUT2D eigenvalue weighted by Gasteiger charge is -2.41. The first kappa shape index (κ1) is 25.0. The summed E-state index contributed by atoms with van der Waals surface area (Å²) in [5.41, 5.74) is -0.466. The molecule has 1 N–H and O–H groups in total. The van der Waals surface area contributed by atoms with Crippen molar-refractivity contribution in [2.45, 2.75) is 50.2 Å². The zero-order chi connectivity index (χ0) is 25.4. The maximum absolute atomic E-state index is 14.6. The number of fused-ring (bicyclic) bond motifs is 1. The first-order chi connectivity index (χ1) is 16.4. The molecule has 2 aliphatic rings. The predicted molar refractivity (Wildman–Crippen MR) is 128 cm³/mol. The number of anilines is 3. The van der Waals surface area contributed by atoms with Crippen molar-refractivity contribution in [1.82, 2.24) is 14.9 Å². The monoisotopic (exact) mass is 507 g/mol. The quantitative estimate of drug-likeness (QED) is 0.665. The molecule has 2 aromatic rings. The average Bonchev–Trinajstić information content (AvgIpc) is 2.78. The molecule has 10 nitrogen and oxygen atoms in total. The summed E-state index contributed by atoms with van der Waals surface area (Å²) < 4.78 is 49.3. The number of hydrogen-bond donors (Lipinski definition) is 1. The van der Waals surface area contributed by atoms with E-state index in [2.05, 4.69) is 20.2 Å². The third-order valence-corrected chi connectivity index (χ3v) is 6.92.